The Bertz CT molecular complexity index is 422. The Kier molecular flexibility index (Phi) is 3.58. The van der Waals surface area contributed by atoms with E-state index in [1.165, 1.54) is 6.07 Å². The zero-order valence-electron chi connectivity index (χ0n) is 10.1. The maximum atomic E-state index is 13.5. The third kappa shape index (κ3) is 2.55. The summed E-state index contributed by atoms with van der Waals surface area (Å²) in [7, 11) is 4.14. The van der Waals surface area contributed by atoms with Gasteiger partial charge in [-0.05, 0) is 42.5 Å². The quantitative estimate of drug-likeness (QED) is 0.851. The van der Waals surface area contributed by atoms with Crippen LogP contribution in [0, 0.1) is 5.82 Å². The van der Waals surface area contributed by atoms with Crippen molar-refractivity contribution >= 4 is 27.3 Å². The van der Waals surface area contributed by atoms with Crippen molar-refractivity contribution < 1.29 is 4.39 Å². The van der Waals surface area contributed by atoms with Crippen molar-refractivity contribution in [1.29, 1.82) is 0 Å². The molecule has 94 valence electrons. The van der Waals surface area contributed by atoms with Crippen LogP contribution in [0.1, 0.15) is 6.42 Å². The smallest absolute Gasteiger partial charge is 0.139 e. The lowest BCUT2D eigenvalue weighted by Gasteiger charge is -2.23. The average molecular weight is 302 g/mol. The maximum Gasteiger partial charge on any atom is 0.139 e. The Morgan fingerprint density at radius 2 is 2.18 bits per heavy atom. The highest BCUT2D eigenvalue weighted by molar-refractivity contribution is 9.10. The van der Waals surface area contributed by atoms with E-state index in [-0.39, 0.29) is 5.82 Å². The summed E-state index contributed by atoms with van der Waals surface area (Å²) in [5, 5.41) is 0. The van der Waals surface area contributed by atoms with Crippen LogP contribution in [0.25, 0.3) is 0 Å². The Balaban J connectivity index is 2.22. The first-order valence-corrected chi connectivity index (χ1v) is 6.44. The number of hydrogen-bond acceptors (Lipinski definition) is 3. The molecule has 0 aliphatic carbocycles. The Morgan fingerprint density at radius 1 is 1.47 bits per heavy atom. The molecule has 0 amide bonds. The molecule has 1 fully saturated rings. The molecule has 5 heteroatoms. The van der Waals surface area contributed by atoms with Gasteiger partial charge in [0.15, 0.2) is 0 Å². The van der Waals surface area contributed by atoms with Crippen molar-refractivity contribution in [3.63, 3.8) is 0 Å². The van der Waals surface area contributed by atoms with Gasteiger partial charge in [0.2, 0.25) is 0 Å². The van der Waals surface area contributed by atoms with Gasteiger partial charge in [-0.15, -0.1) is 0 Å². The molecule has 2 N–H and O–H groups in total. The molecule has 0 saturated carbocycles. The molecule has 1 atom stereocenters. The average Bonchev–Trinajstić information content (AvgIpc) is 2.72. The zero-order chi connectivity index (χ0) is 12.6. The van der Waals surface area contributed by atoms with Crippen molar-refractivity contribution in [3.8, 4) is 0 Å². The van der Waals surface area contributed by atoms with Gasteiger partial charge in [0.1, 0.15) is 5.82 Å². The lowest BCUT2D eigenvalue weighted by Crippen LogP contribution is -2.31. The molecule has 0 spiro atoms. The highest BCUT2D eigenvalue weighted by atomic mass is 79.9. The van der Waals surface area contributed by atoms with Crippen LogP contribution in [-0.4, -0.2) is 38.1 Å². The normalized spacial score (nSPS) is 20.3. The number of nitrogens with two attached hydrogens (primary N) is 1. The fraction of sp³-hybridized carbons (Fsp3) is 0.500. The first kappa shape index (κ1) is 12.6. The second-order valence-corrected chi connectivity index (χ2v) is 5.53. The first-order valence-electron chi connectivity index (χ1n) is 5.65. The van der Waals surface area contributed by atoms with Crippen molar-refractivity contribution in [2.75, 3.05) is 37.8 Å². The van der Waals surface area contributed by atoms with Crippen LogP contribution in [0.3, 0.4) is 0 Å². The number of halogens is 2. The molecule has 1 aromatic carbocycles. The molecule has 0 radical (unpaired) electrons. The molecule has 1 aliphatic heterocycles. The van der Waals surface area contributed by atoms with Crippen LogP contribution in [0.5, 0.6) is 0 Å². The summed E-state index contributed by atoms with van der Waals surface area (Å²) in [6.07, 6.45) is 1.09. The predicted octanol–water partition coefficient (Wildman–Crippen LogP) is 2.31. The lowest BCUT2D eigenvalue weighted by molar-refractivity contribution is 0.315. The van der Waals surface area contributed by atoms with E-state index in [2.05, 4.69) is 39.8 Å². The van der Waals surface area contributed by atoms with Gasteiger partial charge >= 0.3 is 0 Å². The number of anilines is 2. The predicted molar refractivity (Wildman–Crippen MR) is 72.8 cm³/mol. The number of nitrogens with zero attached hydrogens (tertiary/aromatic N) is 2. The van der Waals surface area contributed by atoms with E-state index < -0.39 is 0 Å². The summed E-state index contributed by atoms with van der Waals surface area (Å²) in [6, 6.07) is 3.66. The molecule has 0 unspecified atom stereocenters. The highest BCUT2D eigenvalue weighted by Crippen LogP contribution is 2.32. The zero-order valence-corrected chi connectivity index (χ0v) is 11.7. The van der Waals surface area contributed by atoms with Crippen LogP contribution in [-0.2, 0) is 0 Å². The molecule has 2 rings (SSSR count). The summed E-state index contributed by atoms with van der Waals surface area (Å²) >= 11 is 3.14. The summed E-state index contributed by atoms with van der Waals surface area (Å²) in [4.78, 5) is 4.35. The first-order chi connectivity index (χ1) is 7.99. The van der Waals surface area contributed by atoms with Crippen molar-refractivity contribution in [3.05, 3.63) is 22.4 Å². The fourth-order valence-corrected chi connectivity index (χ4v) is 2.57. The number of benzene rings is 1. The SMILES string of the molecule is CN(C)[C@@H]1CCN(c2cc(F)c(Br)cc2N)C1. The van der Waals surface area contributed by atoms with E-state index in [9.17, 15) is 4.39 Å². The number of hydrogen-bond donors (Lipinski definition) is 1. The fourth-order valence-electron chi connectivity index (χ4n) is 2.21. The minimum absolute atomic E-state index is 0.262. The lowest BCUT2D eigenvalue weighted by atomic mass is 10.2. The number of rotatable bonds is 2. The van der Waals surface area contributed by atoms with Crippen molar-refractivity contribution in [1.82, 2.24) is 4.90 Å². The van der Waals surface area contributed by atoms with Crippen LogP contribution >= 0.6 is 15.9 Å². The minimum Gasteiger partial charge on any atom is -0.397 e. The second kappa shape index (κ2) is 4.82. The third-order valence-electron chi connectivity index (χ3n) is 3.30. The van der Waals surface area contributed by atoms with Gasteiger partial charge in [0.25, 0.3) is 0 Å². The molecule has 17 heavy (non-hydrogen) atoms. The molecule has 0 bridgehead atoms. The van der Waals surface area contributed by atoms with E-state index in [1.807, 2.05) is 0 Å². The summed E-state index contributed by atoms with van der Waals surface area (Å²) in [5.74, 6) is -0.262. The monoisotopic (exact) mass is 301 g/mol. The van der Waals surface area contributed by atoms with E-state index in [1.54, 1.807) is 6.07 Å². The summed E-state index contributed by atoms with van der Waals surface area (Å²) in [5.41, 5.74) is 7.36. The maximum absolute atomic E-state index is 13.5. The summed E-state index contributed by atoms with van der Waals surface area (Å²) < 4.78 is 13.9. The molecule has 1 heterocycles. The van der Waals surface area contributed by atoms with Crippen LogP contribution in [0.4, 0.5) is 15.8 Å². The Hall–Kier alpha value is -0.810. The van der Waals surface area contributed by atoms with Crippen LogP contribution < -0.4 is 10.6 Å². The Morgan fingerprint density at radius 3 is 2.76 bits per heavy atom. The standard InChI is InChI=1S/C12H17BrFN3/c1-16(2)8-3-4-17(7-8)12-6-10(14)9(13)5-11(12)15/h5-6,8H,3-4,7,15H2,1-2H3/t8-/m1/s1. The van der Waals surface area contributed by atoms with Crippen LogP contribution in [0.2, 0.25) is 0 Å². The van der Waals surface area contributed by atoms with Crippen molar-refractivity contribution in [2.24, 2.45) is 0 Å². The van der Waals surface area contributed by atoms with E-state index in [4.69, 9.17) is 5.73 Å². The molecule has 1 saturated heterocycles. The second-order valence-electron chi connectivity index (χ2n) is 4.68. The van der Waals surface area contributed by atoms with Gasteiger partial charge in [0.05, 0.1) is 15.8 Å². The van der Waals surface area contributed by atoms with Crippen LogP contribution in [0.15, 0.2) is 16.6 Å². The van der Waals surface area contributed by atoms with Gasteiger partial charge in [-0.3, -0.25) is 0 Å². The molecular weight excluding hydrogens is 285 g/mol. The molecule has 1 aromatic rings. The topological polar surface area (TPSA) is 32.5 Å². The molecule has 1 aliphatic rings. The van der Waals surface area contributed by atoms with E-state index in [0.29, 0.717) is 16.2 Å². The van der Waals surface area contributed by atoms with E-state index in [0.717, 1.165) is 25.2 Å². The van der Waals surface area contributed by atoms with Gasteiger partial charge in [-0.2, -0.15) is 0 Å². The molecular formula is C12H17BrFN3. The molecule has 3 nitrogen and oxygen atoms in total. The number of nitrogen functional groups attached to an aromatic ring is 1. The van der Waals surface area contributed by atoms with E-state index >= 15 is 0 Å². The number of likely N-dealkylation sites (N-methyl/N-ethyl adjacent to an activating group) is 1. The summed E-state index contributed by atoms with van der Waals surface area (Å²) in [6.45, 7) is 1.83. The minimum atomic E-state index is -0.262. The van der Waals surface area contributed by atoms with Gasteiger partial charge in [0, 0.05) is 25.2 Å². The van der Waals surface area contributed by atoms with Gasteiger partial charge < -0.3 is 15.5 Å². The van der Waals surface area contributed by atoms with Gasteiger partial charge in [-0.25, -0.2) is 4.39 Å². The van der Waals surface area contributed by atoms with Gasteiger partial charge in [-0.1, -0.05) is 0 Å². The van der Waals surface area contributed by atoms with Crippen molar-refractivity contribution in [2.45, 2.75) is 12.5 Å². The highest BCUT2D eigenvalue weighted by Gasteiger charge is 2.25. The Labute approximate surface area is 110 Å². The largest absolute Gasteiger partial charge is 0.397 e. The third-order valence-corrected chi connectivity index (χ3v) is 3.91. The molecule has 0 aromatic heterocycles.